The number of methoxy groups -OCH3 is 1. The molecule has 2 saturated heterocycles. The number of carbonyl (C=O) groups is 2. The molecule has 0 saturated carbocycles. The van der Waals surface area contributed by atoms with Gasteiger partial charge in [0.05, 0.1) is 7.11 Å². The van der Waals surface area contributed by atoms with Crippen molar-refractivity contribution in [3.8, 4) is 5.75 Å². The summed E-state index contributed by atoms with van der Waals surface area (Å²) >= 11 is 0. The van der Waals surface area contributed by atoms with E-state index >= 15 is 0 Å². The van der Waals surface area contributed by atoms with E-state index in [1.165, 1.54) is 0 Å². The normalized spacial score (nSPS) is 21.8. The zero-order valence-corrected chi connectivity index (χ0v) is 15.9. The Hall–Kier alpha value is -2.86. The van der Waals surface area contributed by atoms with Gasteiger partial charge in [0.25, 0.3) is 5.91 Å². The van der Waals surface area contributed by atoms with Gasteiger partial charge in [-0.15, -0.1) is 0 Å². The number of nitrogens with one attached hydrogen (secondary N) is 2. The van der Waals surface area contributed by atoms with Gasteiger partial charge in [-0.25, -0.2) is 0 Å². The summed E-state index contributed by atoms with van der Waals surface area (Å²) in [7, 11) is 1.58. The molecule has 2 aromatic rings. The Kier molecular flexibility index (Phi) is 5.30. The number of amides is 2. The van der Waals surface area contributed by atoms with Crippen molar-refractivity contribution in [1.82, 2.24) is 15.5 Å². The highest BCUT2D eigenvalue weighted by Crippen LogP contribution is 2.29. The van der Waals surface area contributed by atoms with Crippen molar-refractivity contribution < 1.29 is 14.3 Å². The molecule has 2 N–H and O–H groups in total. The van der Waals surface area contributed by atoms with Crippen molar-refractivity contribution in [3.63, 3.8) is 0 Å². The second-order valence-electron chi connectivity index (χ2n) is 7.47. The third-order valence-electron chi connectivity index (χ3n) is 5.71. The maximum absolute atomic E-state index is 13.3. The summed E-state index contributed by atoms with van der Waals surface area (Å²) in [5, 5.41) is 6.33. The van der Waals surface area contributed by atoms with Gasteiger partial charge in [0, 0.05) is 31.7 Å². The van der Waals surface area contributed by atoms with Crippen LogP contribution in [0.1, 0.15) is 22.0 Å². The standard InChI is InChI=1S/C22H25N3O3/c1-28-19-9-7-16(8-10-19)21(26)24-20(15-5-3-2-4-6-15)22(27)25-13-17-11-23-12-18(17)14-25/h2-10,17-18,20,23H,11-14H2,1H3,(H,24,26)/t17-,18+,20?. The van der Waals surface area contributed by atoms with Gasteiger partial charge in [-0.05, 0) is 41.7 Å². The van der Waals surface area contributed by atoms with Crippen molar-refractivity contribution in [2.75, 3.05) is 33.3 Å². The van der Waals surface area contributed by atoms with Crippen LogP contribution in [0, 0.1) is 11.8 Å². The molecule has 0 spiro atoms. The van der Waals surface area contributed by atoms with Gasteiger partial charge in [-0.2, -0.15) is 0 Å². The summed E-state index contributed by atoms with van der Waals surface area (Å²) in [6, 6.07) is 15.6. The fraction of sp³-hybridized carbons (Fsp3) is 0.364. The van der Waals surface area contributed by atoms with E-state index in [1.54, 1.807) is 31.4 Å². The first-order chi connectivity index (χ1) is 13.7. The predicted molar refractivity (Wildman–Crippen MR) is 106 cm³/mol. The summed E-state index contributed by atoms with van der Waals surface area (Å²) in [4.78, 5) is 28.0. The zero-order chi connectivity index (χ0) is 19.5. The van der Waals surface area contributed by atoms with Crippen LogP contribution in [0.5, 0.6) is 5.75 Å². The number of nitrogens with zero attached hydrogens (tertiary/aromatic N) is 1. The van der Waals surface area contributed by atoms with Crippen LogP contribution in [-0.4, -0.2) is 50.0 Å². The van der Waals surface area contributed by atoms with Gasteiger partial charge in [0.1, 0.15) is 11.8 Å². The fourth-order valence-electron chi connectivity index (χ4n) is 4.11. The van der Waals surface area contributed by atoms with Crippen LogP contribution in [0.15, 0.2) is 54.6 Å². The van der Waals surface area contributed by atoms with E-state index in [0.717, 1.165) is 31.7 Å². The van der Waals surface area contributed by atoms with Crippen molar-refractivity contribution in [1.29, 1.82) is 0 Å². The molecular formula is C22H25N3O3. The topological polar surface area (TPSA) is 70.7 Å². The molecule has 6 nitrogen and oxygen atoms in total. The minimum atomic E-state index is -0.692. The number of ether oxygens (including phenoxy) is 1. The van der Waals surface area contributed by atoms with Crippen LogP contribution in [-0.2, 0) is 4.79 Å². The molecular weight excluding hydrogens is 354 g/mol. The van der Waals surface area contributed by atoms with Gasteiger partial charge in [0.15, 0.2) is 0 Å². The number of hydrogen-bond donors (Lipinski definition) is 2. The SMILES string of the molecule is COc1ccc(C(=O)NC(C(=O)N2C[C@H]3CNC[C@H]3C2)c2ccccc2)cc1. The van der Waals surface area contributed by atoms with Crippen LogP contribution in [0.25, 0.3) is 0 Å². The van der Waals surface area contributed by atoms with E-state index in [9.17, 15) is 9.59 Å². The van der Waals surface area contributed by atoms with Crippen LogP contribution in [0.3, 0.4) is 0 Å². The van der Waals surface area contributed by atoms with Crippen molar-refractivity contribution in [2.24, 2.45) is 11.8 Å². The molecule has 0 aromatic heterocycles. The lowest BCUT2D eigenvalue weighted by Gasteiger charge is -2.25. The molecule has 2 aliphatic heterocycles. The first-order valence-electron chi connectivity index (χ1n) is 9.65. The summed E-state index contributed by atoms with van der Waals surface area (Å²) in [5.41, 5.74) is 1.29. The monoisotopic (exact) mass is 379 g/mol. The van der Waals surface area contributed by atoms with E-state index < -0.39 is 6.04 Å². The lowest BCUT2D eigenvalue weighted by Crippen LogP contribution is -2.43. The average molecular weight is 379 g/mol. The first-order valence-corrected chi connectivity index (χ1v) is 9.65. The second kappa shape index (κ2) is 8.02. The molecule has 2 fully saturated rings. The highest BCUT2D eigenvalue weighted by molar-refractivity contribution is 5.98. The Morgan fingerprint density at radius 2 is 1.68 bits per heavy atom. The Morgan fingerprint density at radius 1 is 1.04 bits per heavy atom. The Labute approximate surface area is 164 Å². The predicted octanol–water partition coefficient (Wildman–Crippen LogP) is 1.84. The third kappa shape index (κ3) is 3.73. The highest BCUT2D eigenvalue weighted by Gasteiger charge is 2.40. The van der Waals surface area contributed by atoms with Gasteiger partial charge < -0.3 is 20.3 Å². The maximum atomic E-state index is 13.3. The second-order valence-corrected chi connectivity index (χ2v) is 7.47. The first kappa shape index (κ1) is 18.5. The minimum Gasteiger partial charge on any atom is -0.497 e. The van der Waals surface area contributed by atoms with Crippen molar-refractivity contribution in [2.45, 2.75) is 6.04 Å². The number of hydrogen-bond acceptors (Lipinski definition) is 4. The zero-order valence-electron chi connectivity index (χ0n) is 15.9. The number of fused-ring (bicyclic) bond motifs is 1. The molecule has 2 aromatic carbocycles. The molecule has 0 bridgehead atoms. The van der Waals surface area contributed by atoms with Crippen molar-refractivity contribution >= 4 is 11.8 Å². The minimum absolute atomic E-state index is 0.0394. The van der Waals surface area contributed by atoms with E-state index in [-0.39, 0.29) is 11.8 Å². The maximum Gasteiger partial charge on any atom is 0.252 e. The van der Waals surface area contributed by atoms with Crippen molar-refractivity contribution in [3.05, 3.63) is 65.7 Å². The Bertz CT molecular complexity index is 826. The lowest BCUT2D eigenvalue weighted by atomic mass is 10.0. The van der Waals surface area contributed by atoms with Gasteiger partial charge in [0.2, 0.25) is 5.91 Å². The quantitative estimate of drug-likeness (QED) is 0.832. The van der Waals surface area contributed by atoms with Crippen LogP contribution < -0.4 is 15.4 Å². The molecule has 1 unspecified atom stereocenters. The summed E-state index contributed by atoms with van der Waals surface area (Å²) in [6.45, 7) is 3.42. The molecule has 2 amide bonds. The number of carbonyl (C=O) groups excluding carboxylic acids is 2. The molecule has 0 aliphatic carbocycles. The molecule has 3 atom stereocenters. The molecule has 4 rings (SSSR count). The van der Waals surface area contributed by atoms with Gasteiger partial charge in [-0.1, -0.05) is 30.3 Å². The van der Waals surface area contributed by atoms with E-state index in [1.807, 2.05) is 35.2 Å². The smallest absolute Gasteiger partial charge is 0.252 e. The summed E-state index contributed by atoms with van der Waals surface area (Å²) in [5.74, 6) is 1.40. The largest absolute Gasteiger partial charge is 0.497 e. The Morgan fingerprint density at radius 3 is 2.29 bits per heavy atom. The summed E-state index contributed by atoms with van der Waals surface area (Å²) in [6.07, 6.45) is 0. The molecule has 2 aliphatic rings. The fourth-order valence-corrected chi connectivity index (χ4v) is 4.11. The summed E-state index contributed by atoms with van der Waals surface area (Å²) < 4.78 is 5.14. The van der Waals surface area contributed by atoms with E-state index in [0.29, 0.717) is 23.1 Å². The molecule has 146 valence electrons. The molecule has 28 heavy (non-hydrogen) atoms. The number of likely N-dealkylation sites (tertiary alicyclic amines) is 1. The van der Waals surface area contributed by atoms with Crippen LogP contribution in [0.4, 0.5) is 0 Å². The van der Waals surface area contributed by atoms with Gasteiger partial charge >= 0.3 is 0 Å². The lowest BCUT2D eigenvalue weighted by molar-refractivity contribution is -0.132. The molecule has 6 heteroatoms. The van der Waals surface area contributed by atoms with Gasteiger partial charge in [-0.3, -0.25) is 9.59 Å². The van der Waals surface area contributed by atoms with Crippen LogP contribution >= 0.6 is 0 Å². The number of benzene rings is 2. The van der Waals surface area contributed by atoms with Crippen LogP contribution in [0.2, 0.25) is 0 Å². The highest BCUT2D eigenvalue weighted by atomic mass is 16.5. The van der Waals surface area contributed by atoms with E-state index in [4.69, 9.17) is 4.74 Å². The molecule has 0 radical (unpaired) electrons. The average Bonchev–Trinajstić information content (AvgIpc) is 3.34. The number of rotatable bonds is 5. The Balaban J connectivity index is 1.53. The third-order valence-corrected chi connectivity index (χ3v) is 5.71. The van der Waals surface area contributed by atoms with E-state index in [2.05, 4.69) is 10.6 Å². The molecule has 2 heterocycles.